The van der Waals surface area contributed by atoms with Gasteiger partial charge in [0.15, 0.2) is 0 Å². The molecule has 28 heteroatoms. The minimum absolute atomic E-state index is 0.151. The first kappa shape index (κ1) is 58.3. The average molecular weight is 1200 g/mol. The number of anilines is 4. The van der Waals surface area contributed by atoms with E-state index in [4.69, 9.17) is 32.7 Å². The van der Waals surface area contributed by atoms with Crippen molar-refractivity contribution in [2.24, 2.45) is 0 Å². The second kappa shape index (κ2) is 24.4. The number of hydrogen-bond acceptors (Lipinski definition) is 18. The summed E-state index contributed by atoms with van der Waals surface area (Å²) in [4.78, 5) is 135. The molecule has 24 nitrogen and oxygen atoms in total. The molecule has 0 spiro atoms. The summed E-state index contributed by atoms with van der Waals surface area (Å²) in [5.74, 6) is -2.35. The van der Waals surface area contributed by atoms with Crippen LogP contribution in [0.4, 0.5) is 43.7 Å². The van der Waals surface area contributed by atoms with Crippen LogP contribution in [-0.2, 0) is 32.3 Å². The number of nitro benzene ring substituents is 2. The van der Waals surface area contributed by atoms with Gasteiger partial charge >= 0.3 is 324 Å². The number of nitrogens with one attached hydrogen (secondary N) is 2. The van der Waals surface area contributed by atoms with Crippen LogP contribution >= 0.6 is 39.5 Å². The van der Waals surface area contributed by atoms with E-state index >= 15 is 0 Å². The normalized spacial score (nSPS) is 15.3. The molecule has 7 aromatic carbocycles. The van der Waals surface area contributed by atoms with Crippen LogP contribution in [0.25, 0.3) is 33.7 Å². The third-order valence-electron chi connectivity index (χ3n) is 13.1. The number of ether oxygens (including phenoxy) is 2. The van der Waals surface area contributed by atoms with E-state index in [1.165, 1.54) is 24.3 Å². The Kier molecular flexibility index (Phi) is 17.3. The molecule has 0 aromatic heterocycles. The predicted octanol–water partition coefficient (Wildman–Crippen LogP) is 9.60. The number of fused-ring (bicyclic) bond motifs is 6. The molecule has 0 aliphatic carbocycles. The zero-order chi connectivity index (χ0) is 58.6. The number of carbonyl (C=O) groups is 4. The topological polar surface area (TPSA) is 343 Å². The molecule has 2 aliphatic rings. The summed E-state index contributed by atoms with van der Waals surface area (Å²) in [5.41, 5.74) is 3.31. The number of nitrogens with zero attached hydrogens (tertiary/aromatic N) is 4. The van der Waals surface area contributed by atoms with Gasteiger partial charge in [-0.3, -0.25) is 9.59 Å². The van der Waals surface area contributed by atoms with Gasteiger partial charge in [0.2, 0.25) is 0 Å². The molecule has 2 heterocycles. The summed E-state index contributed by atoms with van der Waals surface area (Å²) >= 11 is 13.0. The molecule has 0 radical (unpaired) electrons. The van der Waals surface area contributed by atoms with E-state index in [2.05, 4.69) is 19.7 Å². The Balaban J connectivity index is 0.892. The van der Waals surface area contributed by atoms with E-state index < -0.39 is 86.3 Å². The van der Waals surface area contributed by atoms with Crippen molar-refractivity contribution in [3.8, 4) is 11.5 Å². The molecule has 2 aliphatic heterocycles. The Morgan fingerprint density at radius 3 is 1.32 bits per heavy atom. The second-order valence-electron chi connectivity index (χ2n) is 18.6. The molecule has 4 amide bonds. The standard InChI is InChI=1S/C54H48Cl2N6O18P2/c55-25-35-27-59(45-23-41(37-8-1-3-10-39(37)51(35)45)57-53(65)77-29-33-12-16-43(61(67)68)47(21-33)79-81(71,72)73)49(63)18-14-31-6-5-7-32(20-31)15-19-50(64)60-28-36(26-56)52-40-11-4-2-9-38(40)42(24-46(52)60)58-54(66)78-30-34-13-17-44(62(69)70)48(22-34)80-82(74,75)76/h1-24,35-36,71-76,81-82H,25-30H2,(H,57,65)(H,58,66)/b18-14+,19-15+. The molecule has 9 rings (SSSR count). The predicted molar refractivity (Wildman–Crippen MR) is 309 cm³/mol. The second-order valence-corrected chi connectivity index (χ2v) is 21.9. The fraction of sp³-hybridized carbons (Fsp3) is 0.148. The maximum atomic E-state index is 14.1. The van der Waals surface area contributed by atoms with Crippen LogP contribution in [0.1, 0.15) is 45.2 Å². The van der Waals surface area contributed by atoms with Crippen molar-refractivity contribution < 1.29 is 76.9 Å². The first-order valence-corrected chi connectivity index (χ1v) is 29.1. The van der Waals surface area contributed by atoms with Crippen LogP contribution < -0.4 is 29.5 Å². The SMILES string of the molecule is O=C(Nc1cc2c(c3ccccc13)C(CCl)CN2C(=O)/C=C/c1cccc(/C=C/C(=O)N2CC(CCl)c3c2cc(NC(=O)OCc2ccc([N+](=O)[O-])c(O[PH](O)(O)O)c2)c2ccccc32)c1)OCc1ccc([N+](=O)[O-])c(O[PH](O)(O)O)c1. The molecule has 0 saturated carbocycles. The van der Waals surface area contributed by atoms with Crippen molar-refractivity contribution in [3.63, 3.8) is 0 Å². The number of amides is 4. The third kappa shape index (κ3) is 13.3. The number of alkyl halides is 2. The zero-order valence-electron chi connectivity index (χ0n) is 42.4. The first-order valence-electron chi connectivity index (χ1n) is 24.5. The van der Waals surface area contributed by atoms with E-state index in [9.17, 15) is 68.8 Å². The van der Waals surface area contributed by atoms with Crippen LogP contribution in [-0.4, -0.2) is 88.1 Å². The van der Waals surface area contributed by atoms with E-state index in [0.29, 0.717) is 33.3 Å². The van der Waals surface area contributed by atoms with Crippen molar-refractivity contribution >= 4 is 131 Å². The molecule has 0 fully saturated rings. The summed E-state index contributed by atoms with van der Waals surface area (Å²) in [7, 11) is -10.5. The van der Waals surface area contributed by atoms with Gasteiger partial charge in [-0.25, -0.2) is 0 Å². The number of benzene rings is 7. The van der Waals surface area contributed by atoms with Gasteiger partial charge in [0.05, 0.1) is 0 Å². The Labute approximate surface area is 475 Å². The van der Waals surface area contributed by atoms with E-state index in [0.717, 1.165) is 46.2 Å². The van der Waals surface area contributed by atoms with Crippen molar-refractivity contribution in [1.29, 1.82) is 0 Å². The van der Waals surface area contributed by atoms with Crippen molar-refractivity contribution in [3.05, 3.63) is 187 Å². The molecule has 426 valence electrons. The molecule has 0 saturated heterocycles. The Morgan fingerprint density at radius 2 is 0.951 bits per heavy atom. The number of rotatable bonds is 18. The summed E-state index contributed by atoms with van der Waals surface area (Å²) in [5, 5.41) is 31.0. The van der Waals surface area contributed by atoms with Gasteiger partial charge in [-0.2, -0.15) is 0 Å². The Morgan fingerprint density at radius 1 is 0.561 bits per heavy atom. The number of nitro groups is 2. The van der Waals surface area contributed by atoms with Gasteiger partial charge < -0.3 is 0 Å². The summed E-state index contributed by atoms with van der Waals surface area (Å²) in [6.45, 7) is -0.475. The number of carbonyl (C=O) groups excluding carboxylic acids is 4. The van der Waals surface area contributed by atoms with Crippen LogP contribution in [0.2, 0.25) is 0 Å². The molecule has 2 atom stereocenters. The summed E-state index contributed by atoms with van der Waals surface area (Å²) in [6, 6.07) is 31.2. The fourth-order valence-electron chi connectivity index (χ4n) is 9.69. The zero-order valence-corrected chi connectivity index (χ0v) is 45.9. The van der Waals surface area contributed by atoms with Gasteiger partial charge in [0.1, 0.15) is 0 Å². The van der Waals surface area contributed by atoms with E-state index in [1.54, 1.807) is 94.7 Å². The van der Waals surface area contributed by atoms with Crippen LogP contribution in [0.5, 0.6) is 11.5 Å². The average Bonchev–Trinajstić information content (AvgIpc) is 2.63. The maximum absolute atomic E-state index is 14.1. The van der Waals surface area contributed by atoms with Crippen LogP contribution in [0, 0.1) is 20.2 Å². The summed E-state index contributed by atoms with van der Waals surface area (Å²) in [6.07, 6.45) is 4.13. The molecular weight excluding hydrogens is 1150 g/mol. The van der Waals surface area contributed by atoms with Crippen LogP contribution in [0.3, 0.4) is 0 Å². The summed E-state index contributed by atoms with van der Waals surface area (Å²) < 4.78 is 20.1. The van der Waals surface area contributed by atoms with Crippen molar-refractivity contribution in [2.45, 2.75) is 25.0 Å². The molecule has 0 bridgehead atoms. The number of hydrogen-bond donors (Lipinski definition) is 8. The quantitative estimate of drug-likeness (QED) is 0.0130. The van der Waals surface area contributed by atoms with E-state index in [-0.39, 0.29) is 59.2 Å². The van der Waals surface area contributed by atoms with Gasteiger partial charge in [-0.05, 0) is 29.3 Å². The van der Waals surface area contributed by atoms with Crippen molar-refractivity contribution in [2.75, 3.05) is 45.3 Å². The monoisotopic (exact) mass is 1200 g/mol. The molecule has 7 aromatic rings. The van der Waals surface area contributed by atoms with Gasteiger partial charge in [0.25, 0.3) is 11.8 Å². The van der Waals surface area contributed by atoms with Gasteiger partial charge in [0, 0.05) is 48.8 Å². The Hall–Kier alpha value is -8.38. The Bertz CT molecular complexity index is 3540. The van der Waals surface area contributed by atoms with Gasteiger partial charge in [-0.1, -0.05) is 30.3 Å². The molecule has 82 heavy (non-hydrogen) atoms. The molecular formula is C54H48Cl2N6O18P2. The fourth-order valence-corrected chi connectivity index (χ4v) is 11.1. The first-order chi connectivity index (χ1) is 39.1. The minimum atomic E-state index is -5.23. The molecule has 8 N–H and O–H groups in total. The van der Waals surface area contributed by atoms with E-state index in [1.807, 2.05) is 12.1 Å². The number of halogens is 2. The van der Waals surface area contributed by atoms with Crippen LogP contribution in [0.15, 0.2) is 133 Å². The van der Waals surface area contributed by atoms with Crippen molar-refractivity contribution in [1.82, 2.24) is 0 Å². The molecule has 2 unspecified atom stereocenters. The third-order valence-corrected chi connectivity index (χ3v) is 14.9. The van der Waals surface area contributed by atoms with Gasteiger partial charge in [-0.15, -0.1) is 23.2 Å².